The fourth-order valence-corrected chi connectivity index (χ4v) is 4.18. The number of aliphatic imine (C=N–C) groups is 1. The van der Waals surface area contributed by atoms with Crippen molar-refractivity contribution in [2.24, 2.45) is 10.4 Å². The molecule has 0 bridgehead atoms. The average Bonchev–Trinajstić information content (AvgIpc) is 3.20. The van der Waals surface area contributed by atoms with E-state index in [0.717, 1.165) is 22.2 Å². The smallest absolute Gasteiger partial charge is 0.323 e. The van der Waals surface area contributed by atoms with Crippen LogP contribution in [0.15, 0.2) is 47.6 Å². The molecule has 3 heterocycles. The summed E-state index contributed by atoms with van der Waals surface area (Å²) in [4.78, 5) is 49.9. The zero-order valence-corrected chi connectivity index (χ0v) is 16.2. The molecule has 1 fully saturated rings. The van der Waals surface area contributed by atoms with Gasteiger partial charge in [0, 0.05) is 28.9 Å². The second kappa shape index (κ2) is 6.35. The largest absolute Gasteiger partial charge is 0.480 e. The summed E-state index contributed by atoms with van der Waals surface area (Å²) in [5.74, 6) is -1.86. The van der Waals surface area contributed by atoms with Crippen LogP contribution >= 0.6 is 0 Å². The minimum absolute atomic E-state index is 0.313. The van der Waals surface area contributed by atoms with Crippen molar-refractivity contribution in [3.8, 4) is 0 Å². The first kappa shape index (κ1) is 18.2. The Balaban J connectivity index is 1.47. The molecule has 0 saturated heterocycles. The van der Waals surface area contributed by atoms with Crippen molar-refractivity contribution in [1.29, 1.82) is 0 Å². The van der Waals surface area contributed by atoms with Crippen molar-refractivity contribution >= 4 is 40.1 Å². The van der Waals surface area contributed by atoms with Crippen LogP contribution in [0.5, 0.6) is 0 Å². The Kier molecular flexibility index (Phi) is 3.86. The summed E-state index contributed by atoms with van der Waals surface area (Å²) in [6, 6.07) is 10.8. The number of aromatic nitrogens is 2. The van der Waals surface area contributed by atoms with E-state index in [1.807, 2.05) is 25.1 Å². The molecule has 8 nitrogen and oxygen atoms in total. The van der Waals surface area contributed by atoms with Gasteiger partial charge in [-0.05, 0) is 37.1 Å². The van der Waals surface area contributed by atoms with Crippen LogP contribution < -0.4 is 4.90 Å². The van der Waals surface area contributed by atoms with Crippen LogP contribution in [0, 0.1) is 12.3 Å². The lowest BCUT2D eigenvalue weighted by molar-refractivity contribution is -0.137. The van der Waals surface area contributed by atoms with Crippen molar-refractivity contribution in [3.63, 3.8) is 0 Å². The third kappa shape index (κ3) is 2.80. The number of benzene rings is 1. The number of para-hydroxylation sites is 1. The standard InChI is InChI=1S/C22H18N4O4/c1-12-6-14-7-15(24-16(14)10-23-12)20(29)25-18-9-22(18)8-13-4-2-3-5-17(13)26(21(22)30)11-19(27)28/h2-7,10,24H,8-9,11H2,1H3,(H,27,28)/t22-/m0/s1. The van der Waals surface area contributed by atoms with E-state index >= 15 is 0 Å². The van der Waals surface area contributed by atoms with Crippen molar-refractivity contribution in [1.82, 2.24) is 9.97 Å². The maximum Gasteiger partial charge on any atom is 0.323 e. The number of nitrogens with zero attached hydrogens (tertiary/aromatic N) is 3. The van der Waals surface area contributed by atoms with E-state index in [-0.39, 0.29) is 5.91 Å². The summed E-state index contributed by atoms with van der Waals surface area (Å²) in [6.07, 6.45) is 2.43. The predicted octanol–water partition coefficient (Wildman–Crippen LogP) is 2.52. The number of carboxylic acid groups (broad SMARTS) is 1. The van der Waals surface area contributed by atoms with Gasteiger partial charge in [0.25, 0.3) is 5.91 Å². The normalized spacial score (nSPS) is 21.3. The molecular formula is C22H18N4O4. The second-order valence-corrected chi connectivity index (χ2v) is 7.81. The van der Waals surface area contributed by atoms with Gasteiger partial charge in [0.05, 0.1) is 17.1 Å². The Hall–Kier alpha value is -3.81. The van der Waals surface area contributed by atoms with Crippen LogP contribution in [-0.2, 0) is 16.0 Å². The molecule has 150 valence electrons. The van der Waals surface area contributed by atoms with Crippen molar-refractivity contribution < 1.29 is 19.5 Å². The van der Waals surface area contributed by atoms with E-state index in [1.165, 1.54) is 4.90 Å². The van der Waals surface area contributed by atoms with Gasteiger partial charge in [-0.3, -0.25) is 19.4 Å². The maximum absolute atomic E-state index is 13.2. The number of hydrogen-bond donors (Lipinski definition) is 2. The third-order valence-electron chi connectivity index (χ3n) is 5.73. The molecule has 0 unspecified atom stereocenters. The molecule has 0 radical (unpaired) electrons. The molecule has 5 rings (SSSR count). The maximum atomic E-state index is 13.2. The van der Waals surface area contributed by atoms with Crippen molar-refractivity contribution in [2.75, 3.05) is 11.4 Å². The molecule has 2 N–H and O–H groups in total. The summed E-state index contributed by atoms with van der Waals surface area (Å²) < 4.78 is 0. The van der Waals surface area contributed by atoms with Gasteiger partial charge in [0.15, 0.2) is 0 Å². The molecule has 1 saturated carbocycles. The first-order chi connectivity index (χ1) is 14.4. The quantitative estimate of drug-likeness (QED) is 0.698. The molecule has 1 atom stereocenters. The van der Waals surface area contributed by atoms with E-state index in [2.05, 4.69) is 15.0 Å². The summed E-state index contributed by atoms with van der Waals surface area (Å²) in [5, 5.41) is 10.1. The summed E-state index contributed by atoms with van der Waals surface area (Å²) in [7, 11) is 0. The number of rotatable bonds is 3. The third-order valence-corrected chi connectivity index (χ3v) is 5.73. The topological polar surface area (TPSA) is 116 Å². The SMILES string of the molecule is Cc1cc2cc(C(=O)N=C3C[C@@]34Cc3ccccc3N(CC(=O)O)C4=O)[nH]c2cn1. The lowest BCUT2D eigenvalue weighted by atomic mass is 9.88. The van der Waals surface area contributed by atoms with E-state index < -0.39 is 23.8 Å². The highest BCUT2D eigenvalue weighted by atomic mass is 16.4. The number of aromatic amines is 1. The Labute approximate surface area is 171 Å². The van der Waals surface area contributed by atoms with Gasteiger partial charge in [-0.15, -0.1) is 0 Å². The minimum Gasteiger partial charge on any atom is -0.480 e. The number of carboxylic acids is 1. The van der Waals surface area contributed by atoms with Crippen LogP contribution in [0.3, 0.4) is 0 Å². The molecule has 30 heavy (non-hydrogen) atoms. The zero-order chi connectivity index (χ0) is 21.0. The lowest BCUT2D eigenvalue weighted by Gasteiger charge is -2.32. The number of H-pyrrole nitrogens is 1. The van der Waals surface area contributed by atoms with Crippen LogP contribution in [0.25, 0.3) is 10.9 Å². The molecule has 3 aromatic rings. The number of aryl methyl sites for hydroxylation is 1. The number of carbonyl (C=O) groups is 3. The second-order valence-electron chi connectivity index (χ2n) is 7.81. The van der Waals surface area contributed by atoms with Crippen LogP contribution in [0.2, 0.25) is 0 Å². The van der Waals surface area contributed by atoms with Crippen molar-refractivity contribution in [3.05, 3.63) is 59.5 Å². The fourth-order valence-electron chi connectivity index (χ4n) is 4.18. The molecule has 2 aliphatic rings. The molecule has 1 aliphatic heterocycles. The van der Waals surface area contributed by atoms with Gasteiger partial charge in [-0.25, -0.2) is 4.99 Å². The number of carbonyl (C=O) groups excluding carboxylic acids is 2. The van der Waals surface area contributed by atoms with E-state index in [1.54, 1.807) is 24.4 Å². The van der Waals surface area contributed by atoms with Crippen LogP contribution in [0.4, 0.5) is 5.69 Å². The molecule has 8 heteroatoms. The monoisotopic (exact) mass is 402 g/mol. The fraction of sp³-hybridized carbons (Fsp3) is 0.227. The van der Waals surface area contributed by atoms with Gasteiger partial charge in [0.1, 0.15) is 12.2 Å². The number of hydrogen-bond acceptors (Lipinski definition) is 4. The number of amides is 2. The minimum atomic E-state index is -1.09. The first-order valence-corrected chi connectivity index (χ1v) is 9.57. The van der Waals surface area contributed by atoms with E-state index in [0.29, 0.717) is 29.9 Å². The van der Waals surface area contributed by atoms with Gasteiger partial charge >= 0.3 is 5.97 Å². The number of fused-ring (bicyclic) bond motifs is 2. The van der Waals surface area contributed by atoms with Gasteiger partial charge in [-0.2, -0.15) is 0 Å². The average molecular weight is 402 g/mol. The molecule has 1 aromatic carbocycles. The number of nitrogens with one attached hydrogen (secondary N) is 1. The summed E-state index contributed by atoms with van der Waals surface area (Å²) in [6.45, 7) is 1.45. The summed E-state index contributed by atoms with van der Waals surface area (Å²) in [5.41, 5.74) is 2.97. The molecule has 2 aromatic heterocycles. The molecular weight excluding hydrogens is 384 g/mol. The van der Waals surface area contributed by atoms with Gasteiger partial charge < -0.3 is 15.0 Å². The number of pyridine rings is 1. The highest BCUT2D eigenvalue weighted by Gasteiger charge is 2.61. The van der Waals surface area contributed by atoms with Crippen LogP contribution in [-0.4, -0.2) is 45.1 Å². The Bertz CT molecular complexity index is 1280. The molecule has 2 amide bonds. The molecule has 1 spiro atoms. The Morgan fingerprint density at radius 3 is 2.87 bits per heavy atom. The first-order valence-electron chi connectivity index (χ1n) is 9.57. The Morgan fingerprint density at radius 1 is 1.27 bits per heavy atom. The summed E-state index contributed by atoms with van der Waals surface area (Å²) >= 11 is 0. The van der Waals surface area contributed by atoms with Gasteiger partial charge in [-0.1, -0.05) is 18.2 Å². The predicted molar refractivity (Wildman–Crippen MR) is 110 cm³/mol. The van der Waals surface area contributed by atoms with E-state index in [9.17, 15) is 19.5 Å². The number of anilines is 1. The van der Waals surface area contributed by atoms with Crippen LogP contribution in [0.1, 0.15) is 28.2 Å². The highest BCUT2D eigenvalue weighted by molar-refractivity contribution is 6.29. The van der Waals surface area contributed by atoms with Crippen molar-refractivity contribution in [2.45, 2.75) is 19.8 Å². The van der Waals surface area contributed by atoms with Gasteiger partial charge in [0.2, 0.25) is 5.91 Å². The molecule has 1 aliphatic carbocycles. The zero-order valence-electron chi connectivity index (χ0n) is 16.2. The number of aliphatic carboxylic acids is 1. The van der Waals surface area contributed by atoms with E-state index in [4.69, 9.17) is 0 Å². The Morgan fingerprint density at radius 2 is 2.07 bits per heavy atom. The lowest BCUT2D eigenvalue weighted by Crippen LogP contribution is -2.46. The highest BCUT2D eigenvalue weighted by Crippen LogP contribution is 2.52.